The minimum absolute atomic E-state index is 0.193. The van der Waals surface area contributed by atoms with E-state index in [4.69, 9.17) is 4.74 Å². The predicted octanol–water partition coefficient (Wildman–Crippen LogP) is 2.31. The van der Waals surface area contributed by atoms with E-state index in [-0.39, 0.29) is 11.7 Å². The summed E-state index contributed by atoms with van der Waals surface area (Å²) in [6.07, 6.45) is -0.569. The Balaban J connectivity index is 1.58. The van der Waals surface area contributed by atoms with Gasteiger partial charge in [0.25, 0.3) is 5.91 Å². The van der Waals surface area contributed by atoms with Crippen molar-refractivity contribution < 1.29 is 13.9 Å². The number of ether oxygens (including phenoxy) is 1. The second kappa shape index (κ2) is 5.83. The predicted molar refractivity (Wildman–Crippen MR) is 77.6 cm³/mol. The molecular weight excluding hydrogens is 271 g/mol. The van der Waals surface area contributed by atoms with E-state index in [0.717, 1.165) is 11.3 Å². The van der Waals surface area contributed by atoms with Crippen molar-refractivity contribution in [3.05, 3.63) is 59.9 Å². The van der Waals surface area contributed by atoms with Crippen LogP contribution in [0.1, 0.15) is 5.56 Å². The van der Waals surface area contributed by atoms with Crippen molar-refractivity contribution >= 4 is 11.6 Å². The van der Waals surface area contributed by atoms with Crippen LogP contribution in [0.4, 0.5) is 10.1 Å². The zero-order chi connectivity index (χ0) is 14.7. The van der Waals surface area contributed by atoms with E-state index in [1.54, 1.807) is 12.1 Å². The Bertz CT molecular complexity index is 643. The van der Waals surface area contributed by atoms with E-state index in [1.807, 2.05) is 24.3 Å². The maximum Gasteiger partial charge on any atom is 0.263 e. The summed E-state index contributed by atoms with van der Waals surface area (Å²) in [5.41, 5.74) is 1.73. The second-order valence-electron chi connectivity index (χ2n) is 4.83. The van der Waals surface area contributed by atoms with Gasteiger partial charge in [-0.15, -0.1) is 0 Å². The summed E-state index contributed by atoms with van der Waals surface area (Å²) in [6.45, 7) is 0.771. The van der Waals surface area contributed by atoms with E-state index in [2.05, 4.69) is 10.6 Å². The smallest absolute Gasteiger partial charge is 0.263 e. The second-order valence-corrected chi connectivity index (χ2v) is 4.83. The van der Waals surface area contributed by atoms with Gasteiger partial charge in [-0.3, -0.25) is 4.79 Å². The highest BCUT2D eigenvalue weighted by molar-refractivity contribution is 5.83. The van der Waals surface area contributed by atoms with Gasteiger partial charge in [0.05, 0.1) is 12.2 Å². The van der Waals surface area contributed by atoms with Gasteiger partial charge >= 0.3 is 0 Å². The van der Waals surface area contributed by atoms with Crippen LogP contribution in [-0.4, -0.2) is 18.6 Å². The lowest BCUT2D eigenvalue weighted by Crippen LogP contribution is -2.44. The zero-order valence-corrected chi connectivity index (χ0v) is 11.3. The van der Waals surface area contributed by atoms with Gasteiger partial charge in [-0.25, -0.2) is 4.39 Å². The van der Waals surface area contributed by atoms with Crippen LogP contribution >= 0.6 is 0 Å². The number of hydrogen-bond donors (Lipinski definition) is 2. The van der Waals surface area contributed by atoms with Crippen LogP contribution in [-0.2, 0) is 11.3 Å². The fourth-order valence-electron chi connectivity index (χ4n) is 2.16. The van der Waals surface area contributed by atoms with Gasteiger partial charge in [0.15, 0.2) is 6.10 Å². The average molecular weight is 286 g/mol. The molecule has 0 saturated carbocycles. The molecule has 2 aromatic carbocycles. The largest absolute Gasteiger partial charge is 0.477 e. The van der Waals surface area contributed by atoms with Crippen molar-refractivity contribution in [1.29, 1.82) is 0 Å². The van der Waals surface area contributed by atoms with Crippen LogP contribution in [0.3, 0.4) is 0 Å². The first kappa shape index (κ1) is 13.4. The molecule has 5 heteroatoms. The molecule has 3 rings (SSSR count). The standard InChI is InChI=1S/C16H15FN2O2/c17-12-7-5-11(6-8-12)9-19-16(20)15-10-18-13-3-1-2-4-14(13)21-15/h1-8,15,18H,9-10H2,(H,19,20). The molecule has 0 aliphatic carbocycles. The number of amides is 1. The highest BCUT2D eigenvalue weighted by Gasteiger charge is 2.25. The molecule has 0 fully saturated rings. The summed E-state index contributed by atoms with van der Waals surface area (Å²) in [5.74, 6) is 0.188. The lowest BCUT2D eigenvalue weighted by atomic mass is 10.2. The number of carbonyl (C=O) groups excluding carboxylic acids is 1. The van der Waals surface area contributed by atoms with E-state index >= 15 is 0 Å². The molecule has 1 atom stereocenters. The Morgan fingerprint density at radius 2 is 2.00 bits per heavy atom. The van der Waals surface area contributed by atoms with Gasteiger partial charge in [-0.2, -0.15) is 0 Å². The number of fused-ring (bicyclic) bond motifs is 1. The molecule has 1 unspecified atom stereocenters. The van der Waals surface area contributed by atoms with Gasteiger partial charge in [0, 0.05) is 6.54 Å². The summed E-state index contributed by atoms with van der Waals surface area (Å²) >= 11 is 0. The number of nitrogens with one attached hydrogen (secondary N) is 2. The monoisotopic (exact) mass is 286 g/mol. The number of anilines is 1. The Morgan fingerprint density at radius 1 is 1.24 bits per heavy atom. The summed E-state index contributed by atoms with van der Waals surface area (Å²) in [6, 6.07) is 13.5. The lowest BCUT2D eigenvalue weighted by Gasteiger charge is -2.26. The molecule has 0 spiro atoms. The maximum absolute atomic E-state index is 12.8. The number of benzene rings is 2. The van der Waals surface area contributed by atoms with Gasteiger partial charge < -0.3 is 15.4 Å². The van der Waals surface area contributed by atoms with Crippen LogP contribution in [0.15, 0.2) is 48.5 Å². The van der Waals surface area contributed by atoms with Gasteiger partial charge in [0.1, 0.15) is 11.6 Å². The highest BCUT2D eigenvalue weighted by Crippen LogP contribution is 2.28. The Labute approximate surface area is 121 Å². The Hall–Kier alpha value is -2.56. The van der Waals surface area contributed by atoms with Gasteiger partial charge in [-0.05, 0) is 29.8 Å². The average Bonchev–Trinajstić information content (AvgIpc) is 2.53. The normalized spacial score (nSPS) is 16.3. The van der Waals surface area contributed by atoms with E-state index < -0.39 is 6.10 Å². The Morgan fingerprint density at radius 3 is 2.81 bits per heavy atom. The molecule has 1 aliphatic rings. The third-order valence-corrected chi connectivity index (χ3v) is 3.31. The molecule has 2 N–H and O–H groups in total. The van der Waals surface area contributed by atoms with Crippen molar-refractivity contribution in [2.24, 2.45) is 0 Å². The fraction of sp³-hybridized carbons (Fsp3) is 0.188. The van der Waals surface area contributed by atoms with Gasteiger partial charge in [0.2, 0.25) is 0 Å². The minimum Gasteiger partial charge on any atom is -0.477 e. The summed E-state index contributed by atoms with van der Waals surface area (Å²) in [5, 5.41) is 5.96. The highest BCUT2D eigenvalue weighted by atomic mass is 19.1. The number of halogens is 1. The number of hydrogen-bond acceptors (Lipinski definition) is 3. The van der Waals surface area contributed by atoms with Gasteiger partial charge in [-0.1, -0.05) is 24.3 Å². The third-order valence-electron chi connectivity index (χ3n) is 3.31. The molecule has 21 heavy (non-hydrogen) atoms. The molecule has 1 amide bonds. The summed E-state index contributed by atoms with van der Waals surface area (Å²) in [4.78, 5) is 12.1. The summed E-state index contributed by atoms with van der Waals surface area (Å²) in [7, 11) is 0. The quantitative estimate of drug-likeness (QED) is 0.910. The van der Waals surface area contributed by atoms with Crippen molar-refractivity contribution in [2.45, 2.75) is 12.6 Å². The molecule has 4 nitrogen and oxygen atoms in total. The molecule has 1 aliphatic heterocycles. The molecule has 0 aromatic heterocycles. The van der Waals surface area contributed by atoms with E-state index in [0.29, 0.717) is 18.8 Å². The first-order valence-corrected chi connectivity index (χ1v) is 6.74. The molecular formula is C16H15FN2O2. The first-order chi connectivity index (χ1) is 10.2. The summed E-state index contributed by atoms with van der Waals surface area (Å²) < 4.78 is 18.5. The number of carbonyl (C=O) groups is 1. The fourth-order valence-corrected chi connectivity index (χ4v) is 2.16. The molecule has 2 aromatic rings. The number of para-hydroxylation sites is 2. The van der Waals surface area contributed by atoms with Crippen molar-refractivity contribution in [2.75, 3.05) is 11.9 Å². The third kappa shape index (κ3) is 3.13. The van der Waals surface area contributed by atoms with E-state index in [1.165, 1.54) is 12.1 Å². The molecule has 1 heterocycles. The molecule has 0 bridgehead atoms. The minimum atomic E-state index is -0.569. The Kier molecular flexibility index (Phi) is 3.73. The van der Waals surface area contributed by atoms with Crippen LogP contribution in [0, 0.1) is 5.82 Å². The van der Waals surface area contributed by atoms with Crippen molar-refractivity contribution in [3.8, 4) is 5.75 Å². The lowest BCUT2D eigenvalue weighted by molar-refractivity contribution is -0.127. The number of rotatable bonds is 3. The van der Waals surface area contributed by atoms with Crippen LogP contribution in [0.2, 0.25) is 0 Å². The first-order valence-electron chi connectivity index (χ1n) is 6.74. The van der Waals surface area contributed by atoms with Crippen molar-refractivity contribution in [3.63, 3.8) is 0 Å². The molecule has 0 radical (unpaired) electrons. The topological polar surface area (TPSA) is 50.4 Å². The molecule has 108 valence electrons. The van der Waals surface area contributed by atoms with Crippen LogP contribution in [0.5, 0.6) is 5.75 Å². The zero-order valence-electron chi connectivity index (χ0n) is 11.3. The SMILES string of the molecule is O=C(NCc1ccc(F)cc1)C1CNc2ccccc2O1. The van der Waals surface area contributed by atoms with Crippen molar-refractivity contribution in [1.82, 2.24) is 5.32 Å². The molecule has 0 saturated heterocycles. The van der Waals surface area contributed by atoms with Crippen LogP contribution in [0.25, 0.3) is 0 Å². The van der Waals surface area contributed by atoms with Crippen LogP contribution < -0.4 is 15.4 Å². The maximum atomic E-state index is 12.8. The van der Waals surface area contributed by atoms with E-state index in [9.17, 15) is 9.18 Å².